The zero-order valence-corrected chi connectivity index (χ0v) is 12.9. The zero-order chi connectivity index (χ0) is 15.2. The van der Waals surface area contributed by atoms with Gasteiger partial charge in [-0.05, 0) is 11.5 Å². The van der Waals surface area contributed by atoms with Gasteiger partial charge in [0.25, 0.3) is 0 Å². The minimum Gasteiger partial charge on any atom is -0.379 e. The van der Waals surface area contributed by atoms with Crippen molar-refractivity contribution >= 4 is 5.91 Å². The van der Waals surface area contributed by atoms with Gasteiger partial charge in [0.15, 0.2) is 0 Å². The van der Waals surface area contributed by atoms with E-state index in [0.717, 1.165) is 18.4 Å². The molecule has 2 rings (SSSR count). The fraction of sp³-hybridized carbons (Fsp3) is 0.588. The number of nitrogens with two attached hydrogens (primary N) is 1. The molecule has 1 amide bonds. The Hall–Kier alpha value is -1.39. The van der Waals surface area contributed by atoms with E-state index in [1.165, 1.54) is 0 Å². The first kappa shape index (κ1) is 16.0. The summed E-state index contributed by atoms with van der Waals surface area (Å²) in [5, 5.41) is 3.21. The number of amides is 1. The van der Waals surface area contributed by atoms with Gasteiger partial charge in [0.1, 0.15) is 0 Å². The second-order valence-corrected chi connectivity index (χ2v) is 5.78. The lowest BCUT2D eigenvalue weighted by Gasteiger charge is -2.28. The zero-order valence-electron chi connectivity index (χ0n) is 12.9. The maximum Gasteiger partial charge on any atom is 0.227 e. The molecule has 3 unspecified atom stereocenters. The molecule has 4 nitrogen and oxygen atoms in total. The molecule has 0 aromatic heterocycles. The van der Waals surface area contributed by atoms with Crippen molar-refractivity contribution in [1.29, 1.82) is 0 Å². The topological polar surface area (TPSA) is 64.3 Å². The Morgan fingerprint density at radius 2 is 1.95 bits per heavy atom. The molecule has 4 heteroatoms. The Labute approximate surface area is 127 Å². The predicted octanol–water partition coefficient (Wildman–Crippen LogP) is 2.25. The first-order valence-electron chi connectivity index (χ1n) is 7.86. The molecule has 0 saturated carbocycles. The summed E-state index contributed by atoms with van der Waals surface area (Å²) in [5.41, 5.74) is 7.11. The van der Waals surface area contributed by atoms with E-state index in [1.807, 2.05) is 18.2 Å². The van der Waals surface area contributed by atoms with Crippen LogP contribution in [0.5, 0.6) is 0 Å². The molecule has 0 aliphatic carbocycles. The molecule has 1 saturated heterocycles. The van der Waals surface area contributed by atoms with Crippen molar-refractivity contribution in [2.45, 2.75) is 38.8 Å². The number of carbonyl (C=O) groups is 1. The van der Waals surface area contributed by atoms with Crippen molar-refractivity contribution in [3.05, 3.63) is 35.9 Å². The van der Waals surface area contributed by atoms with Crippen LogP contribution in [0.4, 0.5) is 0 Å². The highest BCUT2D eigenvalue weighted by atomic mass is 16.5. The van der Waals surface area contributed by atoms with Crippen LogP contribution in [0.3, 0.4) is 0 Å². The van der Waals surface area contributed by atoms with Crippen molar-refractivity contribution in [1.82, 2.24) is 5.32 Å². The normalized spacial score (nSPS) is 23.2. The molecule has 0 radical (unpaired) electrons. The van der Waals surface area contributed by atoms with Gasteiger partial charge in [-0.3, -0.25) is 4.79 Å². The van der Waals surface area contributed by atoms with Crippen LogP contribution in [0, 0.1) is 11.8 Å². The molecular weight excluding hydrogens is 264 g/mol. The molecule has 1 aromatic rings. The van der Waals surface area contributed by atoms with Gasteiger partial charge in [-0.2, -0.15) is 0 Å². The number of carbonyl (C=O) groups excluding carboxylic acids is 1. The van der Waals surface area contributed by atoms with E-state index in [1.54, 1.807) is 0 Å². The smallest absolute Gasteiger partial charge is 0.227 e. The number of benzene rings is 1. The van der Waals surface area contributed by atoms with Crippen LogP contribution < -0.4 is 11.1 Å². The summed E-state index contributed by atoms with van der Waals surface area (Å²) in [6.45, 7) is 5.23. The van der Waals surface area contributed by atoms with Gasteiger partial charge in [0.05, 0.1) is 25.2 Å². The third-order valence-corrected chi connectivity index (χ3v) is 4.44. The van der Waals surface area contributed by atoms with Crippen LogP contribution in [0.2, 0.25) is 0 Å². The largest absolute Gasteiger partial charge is 0.379 e. The molecule has 1 fully saturated rings. The van der Waals surface area contributed by atoms with Crippen molar-refractivity contribution < 1.29 is 9.53 Å². The third kappa shape index (κ3) is 3.83. The summed E-state index contributed by atoms with van der Waals surface area (Å²) in [7, 11) is 0. The Balaban J connectivity index is 2.14. The molecule has 1 heterocycles. The molecule has 116 valence electrons. The minimum absolute atomic E-state index is 0.0146. The van der Waals surface area contributed by atoms with Gasteiger partial charge in [0, 0.05) is 6.04 Å². The fourth-order valence-corrected chi connectivity index (χ4v) is 3.00. The number of nitrogens with one attached hydrogen (secondary N) is 1. The summed E-state index contributed by atoms with van der Waals surface area (Å²) >= 11 is 0. The van der Waals surface area contributed by atoms with E-state index in [2.05, 4.69) is 31.3 Å². The van der Waals surface area contributed by atoms with Gasteiger partial charge < -0.3 is 15.8 Å². The van der Waals surface area contributed by atoms with Gasteiger partial charge in [0.2, 0.25) is 5.91 Å². The van der Waals surface area contributed by atoms with Gasteiger partial charge >= 0.3 is 0 Å². The molecular formula is C17H26N2O2. The standard InChI is InChI=1S/C17H26N2O2/c1-3-12(4-2)16(13-8-6-5-7-9-13)19-17(20)14-10-21-11-15(14)18/h5-9,12,14-16H,3-4,10-11,18H2,1-2H3,(H,19,20). The van der Waals surface area contributed by atoms with E-state index >= 15 is 0 Å². The van der Waals surface area contributed by atoms with Crippen LogP contribution >= 0.6 is 0 Å². The summed E-state index contributed by atoms with van der Waals surface area (Å²) in [6, 6.07) is 10.0. The van der Waals surface area contributed by atoms with Crippen LogP contribution in [-0.2, 0) is 9.53 Å². The van der Waals surface area contributed by atoms with Crippen molar-refractivity contribution in [3.63, 3.8) is 0 Å². The number of hydrogen-bond acceptors (Lipinski definition) is 3. The number of ether oxygens (including phenoxy) is 1. The molecule has 0 bridgehead atoms. The Kier molecular flexibility index (Phi) is 5.76. The van der Waals surface area contributed by atoms with Crippen molar-refractivity contribution in [3.8, 4) is 0 Å². The quantitative estimate of drug-likeness (QED) is 0.844. The number of hydrogen-bond donors (Lipinski definition) is 2. The monoisotopic (exact) mass is 290 g/mol. The minimum atomic E-state index is -0.231. The lowest BCUT2D eigenvalue weighted by Crippen LogP contribution is -2.43. The highest BCUT2D eigenvalue weighted by Gasteiger charge is 2.33. The lowest BCUT2D eigenvalue weighted by molar-refractivity contribution is -0.126. The molecule has 3 atom stereocenters. The Bertz CT molecular complexity index is 445. The molecule has 1 aliphatic rings. The molecule has 1 aliphatic heterocycles. The van der Waals surface area contributed by atoms with E-state index in [0.29, 0.717) is 19.1 Å². The highest BCUT2D eigenvalue weighted by molar-refractivity contribution is 5.80. The molecule has 21 heavy (non-hydrogen) atoms. The van der Waals surface area contributed by atoms with Crippen LogP contribution in [-0.4, -0.2) is 25.2 Å². The third-order valence-electron chi connectivity index (χ3n) is 4.44. The fourth-order valence-electron chi connectivity index (χ4n) is 3.00. The Morgan fingerprint density at radius 3 is 2.48 bits per heavy atom. The van der Waals surface area contributed by atoms with Crippen molar-refractivity contribution in [2.24, 2.45) is 17.6 Å². The maximum atomic E-state index is 12.5. The first-order valence-corrected chi connectivity index (χ1v) is 7.86. The maximum absolute atomic E-state index is 12.5. The lowest BCUT2D eigenvalue weighted by atomic mass is 9.88. The molecule has 0 spiro atoms. The SMILES string of the molecule is CCC(CC)C(NC(=O)C1COCC1N)c1ccccc1. The van der Waals surface area contributed by atoms with Crippen LogP contribution in [0.15, 0.2) is 30.3 Å². The van der Waals surface area contributed by atoms with E-state index in [9.17, 15) is 4.79 Å². The molecule has 1 aromatic carbocycles. The summed E-state index contributed by atoms with van der Waals surface area (Å²) < 4.78 is 5.31. The first-order chi connectivity index (χ1) is 10.2. The van der Waals surface area contributed by atoms with Gasteiger partial charge in [-0.1, -0.05) is 57.0 Å². The van der Waals surface area contributed by atoms with Gasteiger partial charge in [-0.15, -0.1) is 0 Å². The summed E-state index contributed by atoms with van der Waals surface area (Å²) in [4.78, 5) is 12.5. The van der Waals surface area contributed by atoms with Crippen LogP contribution in [0.1, 0.15) is 38.3 Å². The van der Waals surface area contributed by atoms with E-state index in [-0.39, 0.29) is 23.9 Å². The highest BCUT2D eigenvalue weighted by Crippen LogP contribution is 2.28. The predicted molar refractivity (Wildman–Crippen MR) is 83.7 cm³/mol. The second-order valence-electron chi connectivity index (χ2n) is 5.78. The van der Waals surface area contributed by atoms with Gasteiger partial charge in [-0.25, -0.2) is 0 Å². The van der Waals surface area contributed by atoms with E-state index in [4.69, 9.17) is 10.5 Å². The average Bonchev–Trinajstić information content (AvgIpc) is 2.94. The van der Waals surface area contributed by atoms with Crippen LogP contribution in [0.25, 0.3) is 0 Å². The Morgan fingerprint density at radius 1 is 1.29 bits per heavy atom. The van der Waals surface area contributed by atoms with Crippen molar-refractivity contribution in [2.75, 3.05) is 13.2 Å². The average molecular weight is 290 g/mol. The summed E-state index contributed by atoms with van der Waals surface area (Å²) in [5.74, 6) is 0.209. The molecule has 3 N–H and O–H groups in total. The number of rotatable bonds is 6. The second kappa shape index (κ2) is 7.57. The van der Waals surface area contributed by atoms with E-state index < -0.39 is 0 Å². The summed E-state index contributed by atoms with van der Waals surface area (Å²) in [6.07, 6.45) is 2.06.